The number of carbonyl (C=O) groups is 1. The fourth-order valence-corrected chi connectivity index (χ4v) is 2.18. The number of unbranched alkanes of at least 4 members (excludes halogenated alkanes) is 5. The van der Waals surface area contributed by atoms with Gasteiger partial charge >= 0.3 is 5.97 Å². The molecule has 3 nitrogen and oxygen atoms in total. The standard InChI is InChI=1S/C14H26O3S/c1-17-12-10-8-6-4-3-5-7-9-11-13(18-2)14(15)16/h7,9,13H,3-6,8,10-12H2,1-2H3,(H,15,16)/b9-7+. The lowest BCUT2D eigenvalue weighted by molar-refractivity contribution is -0.136. The van der Waals surface area contributed by atoms with Crippen molar-refractivity contribution >= 4 is 17.7 Å². The molecule has 4 heteroatoms. The van der Waals surface area contributed by atoms with Gasteiger partial charge in [0.05, 0.1) is 0 Å². The monoisotopic (exact) mass is 274 g/mol. The predicted octanol–water partition coefficient (Wildman–Crippen LogP) is 3.74. The third kappa shape index (κ3) is 10.7. The van der Waals surface area contributed by atoms with E-state index < -0.39 is 5.97 Å². The Bertz CT molecular complexity index is 229. The molecule has 0 bridgehead atoms. The molecule has 1 atom stereocenters. The number of hydrogen-bond acceptors (Lipinski definition) is 3. The Balaban J connectivity index is 3.35. The van der Waals surface area contributed by atoms with Crippen LogP contribution in [0.3, 0.4) is 0 Å². The van der Waals surface area contributed by atoms with Crippen molar-refractivity contribution in [1.82, 2.24) is 0 Å². The molecule has 1 N–H and O–H groups in total. The molecule has 0 fully saturated rings. The number of methoxy groups -OCH3 is 1. The van der Waals surface area contributed by atoms with E-state index >= 15 is 0 Å². The summed E-state index contributed by atoms with van der Waals surface area (Å²) in [5.41, 5.74) is 0. The van der Waals surface area contributed by atoms with Crippen LogP contribution in [-0.4, -0.2) is 36.3 Å². The molecule has 0 rings (SSSR count). The second-order valence-corrected chi connectivity index (χ2v) is 5.36. The van der Waals surface area contributed by atoms with E-state index in [0.29, 0.717) is 6.42 Å². The topological polar surface area (TPSA) is 46.5 Å². The molecule has 0 saturated carbocycles. The van der Waals surface area contributed by atoms with Crippen LogP contribution in [0.2, 0.25) is 0 Å². The maximum absolute atomic E-state index is 10.8. The summed E-state index contributed by atoms with van der Waals surface area (Å²) < 4.78 is 4.99. The van der Waals surface area contributed by atoms with E-state index in [9.17, 15) is 4.79 Å². The van der Waals surface area contributed by atoms with Crippen LogP contribution < -0.4 is 0 Å². The zero-order valence-corrected chi connectivity index (χ0v) is 12.4. The molecule has 0 saturated heterocycles. The van der Waals surface area contributed by atoms with Crippen LogP contribution in [-0.2, 0) is 9.53 Å². The summed E-state index contributed by atoms with van der Waals surface area (Å²) in [6.45, 7) is 0.866. The molecule has 0 radical (unpaired) electrons. The highest BCUT2D eigenvalue weighted by Crippen LogP contribution is 2.12. The first-order chi connectivity index (χ1) is 8.72. The Morgan fingerprint density at radius 3 is 2.50 bits per heavy atom. The van der Waals surface area contributed by atoms with Crippen molar-refractivity contribution in [2.75, 3.05) is 20.0 Å². The SMILES string of the molecule is COCCCCCCC/C=C/CC(SC)C(=O)O. The second kappa shape index (κ2) is 13.0. The van der Waals surface area contributed by atoms with Crippen LogP contribution in [0, 0.1) is 0 Å². The molecule has 0 aromatic carbocycles. The lowest BCUT2D eigenvalue weighted by Crippen LogP contribution is -2.14. The van der Waals surface area contributed by atoms with Gasteiger partial charge in [0.15, 0.2) is 0 Å². The van der Waals surface area contributed by atoms with E-state index in [1.165, 1.54) is 37.4 Å². The number of aliphatic carboxylic acids is 1. The smallest absolute Gasteiger partial charge is 0.316 e. The summed E-state index contributed by atoms with van der Waals surface area (Å²) >= 11 is 1.39. The van der Waals surface area contributed by atoms with Crippen molar-refractivity contribution in [3.63, 3.8) is 0 Å². The maximum atomic E-state index is 10.8. The van der Waals surface area contributed by atoms with Gasteiger partial charge in [-0.15, -0.1) is 11.8 Å². The first-order valence-corrected chi connectivity index (χ1v) is 7.90. The lowest BCUT2D eigenvalue weighted by Gasteiger charge is -2.04. The number of thioether (sulfide) groups is 1. The van der Waals surface area contributed by atoms with E-state index in [-0.39, 0.29) is 5.25 Å². The third-order valence-corrected chi connectivity index (χ3v) is 3.76. The number of hydrogen-bond donors (Lipinski definition) is 1. The molecule has 0 aromatic heterocycles. The number of allylic oxidation sites excluding steroid dienone is 2. The Labute approximate surface area is 115 Å². The maximum Gasteiger partial charge on any atom is 0.316 e. The summed E-state index contributed by atoms with van der Waals surface area (Å²) in [6.07, 6.45) is 13.7. The van der Waals surface area contributed by atoms with Crippen LogP contribution in [0.4, 0.5) is 0 Å². The average molecular weight is 274 g/mol. The molecular formula is C14H26O3S. The fourth-order valence-electron chi connectivity index (χ4n) is 1.67. The Morgan fingerprint density at radius 1 is 1.22 bits per heavy atom. The van der Waals surface area contributed by atoms with E-state index in [2.05, 4.69) is 6.08 Å². The van der Waals surface area contributed by atoms with Crippen molar-refractivity contribution in [3.05, 3.63) is 12.2 Å². The van der Waals surface area contributed by atoms with Crippen LogP contribution in [0.25, 0.3) is 0 Å². The van der Waals surface area contributed by atoms with Crippen LogP contribution in [0.15, 0.2) is 12.2 Å². The quantitative estimate of drug-likeness (QED) is 0.435. The van der Waals surface area contributed by atoms with Gasteiger partial charge in [0.2, 0.25) is 0 Å². The summed E-state index contributed by atoms with van der Waals surface area (Å²) in [6, 6.07) is 0. The number of carboxylic acid groups (broad SMARTS) is 1. The highest BCUT2D eigenvalue weighted by Gasteiger charge is 2.12. The average Bonchev–Trinajstić information content (AvgIpc) is 2.35. The van der Waals surface area contributed by atoms with E-state index in [4.69, 9.17) is 9.84 Å². The minimum atomic E-state index is -0.717. The van der Waals surface area contributed by atoms with Crippen LogP contribution in [0.5, 0.6) is 0 Å². The van der Waals surface area contributed by atoms with Gasteiger partial charge in [-0.3, -0.25) is 4.79 Å². The van der Waals surface area contributed by atoms with Gasteiger partial charge in [0.1, 0.15) is 5.25 Å². The van der Waals surface area contributed by atoms with Gasteiger partial charge in [-0.1, -0.05) is 31.4 Å². The Hall–Kier alpha value is -0.480. The molecule has 0 spiro atoms. The van der Waals surface area contributed by atoms with Crippen LogP contribution >= 0.6 is 11.8 Å². The van der Waals surface area contributed by atoms with Gasteiger partial charge in [-0.2, -0.15) is 0 Å². The number of rotatable bonds is 12. The second-order valence-electron chi connectivity index (χ2n) is 4.32. The van der Waals surface area contributed by atoms with Crippen LogP contribution in [0.1, 0.15) is 44.9 Å². The normalized spacial score (nSPS) is 13.0. The highest BCUT2D eigenvalue weighted by atomic mass is 32.2. The molecule has 1 unspecified atom stereocenters. The molecule has 18 heavy (non-hydrogen) atoms. The summed E-state index contributed by atoms with van der Waals surface area (Å²) in [5, 5.41) is 8.56. The van der Waals surface area contributed by atoms with Crippen molar-refractivity contribution in [3.8, 4) is 0 Å². The zero-order chi connectivity index (χ0) is 13.6. The molecule has 106 valence electrons. The Kier molecular flexibility index (Phi) is 12.6. The molecule has 0 aliphatic heterocycles. The minimum absolute atomic E-state index is 0.296. The minimum Gasteiger partial charge on any atom is -0.480 e. The molecular weight excluding hydrogens is 248 g/mol. The van der Waals surface area contributed by atoms with E-state index in [0.717, 1.165) is 19.4 Å². The first kappa shape index (κ1) is 17.5. The third-order valence-electron chi connectivity index (χ3n) is 2.80. The molecule has 0 heterocycles. The number of ether oxygens (including phenoxy) is 1. The lowest BCUT2D eigenvalue weighted by atomic mass is 10.1. The van der Waals surface area contributed by atoms with Crippen molar-refractivity contribution < 1.29 is 14.6 Å². The summed E-state index contributed by atoms with van der Waals surface area (Å²) in [7, 11) is 1.74. The molecule has 0 aliphatic rings. The number of carboxylic acids is 1. The predicted molar refractivity (Wildman–Crippen MR) is 78.3 cm³/mol. The zero-order valence-electron chi connectivity index (χ0n) is 11.6. The van der Waals surface area contributed by atoms with E-state index in [1.54, 1.807) is 7.11 Å². The molecule has 0 aliphatic carbocycles. The Morgan fingerprint density at radius 2 is 1.89 bits per heavy atom. The molecule has 0 amide bonds. The van der Waals surface area contributed by atoms with Gasteiger partial charge in [-0.25, -0.2) is 0 Å². The molecule has 0 aromatic rings. The first-order valence-electron chi connectivity index (χ1n) is 6.62. The van der Waals surface area contributed by atoms with Crippen molar-refractivity contribution in [2.24, 2.45) is 0 Å². The van der Waals surface area contributed by atoms with Gasteiger partial charge in [0, 0.05) is 13.7 Å². The van der Waals surface area contributed by atoms with Gasteiger partial charge in [0.25, 0.3) is 0 Å². The van der Waals surface area contributed by atoms with Crippen molar-refractivity contribution in [2.45, 2.75) is 50.2 Å². The van der Waals surface area contributed by atoms with Crippen molar-refractivity contribution in [1.29, 1.82) is 0 Å². The summed E-state index contributed by atoms with van der Waals surface area (Å²) in [4.78, 5) is 10.8. The van der Waals surface area contributed by atoms with E-state index in [1.807, 2.05) is 12.3 Å². The largest absolute Gasteiger partial charge is 0.480 e. The van der Waals surface area contributed by atoms with Gasteiger partial charge in [-0.05, 0) is 31.9 Å². The fraction of sp³-hybridized carbons (Fsp3) is 0.786. The highest BCUT2D eigenvalue weighted by molar-refractivity contribution is 7.99. The summed E-state index contributed by atoms with van der Waals surface area (Å²) in [5.74, 6) is -0.717. The van der Waals surface area contributed by atoms with Gasteiger partial charge < -0.3 is 9.84 Å².